The fourth-order valence-corrected chi connectivity index (χ4v) is 3.25. The van der Waals surface area contributed by atoms with Crippen LogP contribution in [0.4, 0.5) is 4.79 Å². The van der Waals surface area contributed by atoms with Gasteiger partial charge in [0.25, 0.3) is 0 Å². The zero-order chi connectivity index (χ0) is 14.2. The number of piperidine rings is 1. The van der Waals surface area contributed by atoms with E-state index in [1.165, 1.54) is 0 Å². The van der Waals surface area contributed by atoms with Gasteiger partial charge in [0.1, 0.15) is 11.4 Å². The van der Waals surface area contributed by atoms with Crippen LogP contribution in [0.1, 0.15) is 18.4 Å². The zero-order valence-corrected chi connectivity index (χ0v) is 11.7. The van der Waals surface area contributed by atoms with Crippen LogP contribution in [0.2, 0.25) is 0 Å². The molecule has 1 spiro atoms. The Morgan fingerprint density at radius 3 is 2.80 bits per heavy atom. The molecule has 1 aromatic rings. The van der Waals surface area contributed by atoms with Crippen LogP contribution >= 0.6 is 0 Å². The van der Waals surface area contributed by atoms with Crippen molar-refractivity contribution in [3.63, 3.8) is 0 Å². The number of nitrogens with zero attached hydrogens (tertiary/aromatic N) is 3. The number of likely N-dealkylation sites (tertiary alicyclic amines) is 1. The second kappa shape index (κ2) is 4.90. The van der Waals surface area contributed by atoms with Crippen molar-refractivity contribution in [1.29, 1.82) is 0 Å². The Labute approximate surface area is 119 Å². The summed E-state index contributed by atoms with van der Waals surface area (Å²) in [5, 5.41) is 0. The van der Waals surface area contributed by atoms with Gasteiger partial charge in [-0.05, 0) is 32.0 Å². The number of likely N-dealkylation sites (N-methyl/N-ethyl adjacent to an activating group) is 1. The molecule has 2 aliphatic heterocycles. The van der Waals surface area contributed by atoms with Crippen molar-refractivity contribution >= 4 is 11.9 Å². The molecule has 2 amide bonds. The van der Waals surface area contributed by atoms with Gasteiger partial charge in [0.2, 0.25) is 0 Å². The average Bonchev–Trinajstić information content (AvgIpc) is 2.64. The van der Waals surface area contributed by atoms with E-state index < -0.39 is 5.54 Å². The second-order valence-electron chi connectivity index (χ2n) is 5.72. The minimum atomic E-state index is -0.417. The lowest BCUT2D eigenvalue weighted by atomic mass is 9.86. The van der Waals surface area contributed by atoms with Gasteiger partial charge in [-0.3, -0.25) is 0 Å². The topological polar surface area (TPSA) is 61.9 Å². The molecule has 1 unspecified atom stereocenters. The standard InChI is InChI=1S/C15H20N4O/c1-18-9-5-8-15(11-18)13(16)17-14(20)19(15)10-12-6-3-2-4-7-12/h2-4,6-7H,5,8-11H2,1H3,(H2,16,17,20). The zero-order valence-electron chi connectivity index (χ0n) is 11.7. The molecule has 1 fully saturated rings. The van der Waals surface area contributed by atoms with E-state index in [2.05, 4.69) is 16.9 Å². The Morgan fingerprint density at radius 2 is 2.10 bits per heavy atom. The molecule has 1 saturated heterocycles. The van der Waals surface area contributed by atoms with Gasteiger partial charge >= 0.3 is 6.03 Å². The predicted molar refractivity (Wildman–Crippen MR) is 78.5 cm³/mol. The Bertz CT molecular complexity index is 542. The first-order valence-corrected chi connectivity index (χ1v) is 7.00. The van der Waals surface area contributed by atoms with Crippen LogP contribution in [-0.4, -0.2) is 47.3 Å². The van der Waals surface area contributed by atoms with Crippen molar-refractivity contribution in [2.45, 2.75) is 24.9 Å². The van der Waals surface area contributed by atoms with Gasteiger partial charge in [-0.15, -0.1) is 0 Å². The summed E-state index contributed by atoms with van der Waals surface area (Å²) in [4.78, 5) is 20.3. The van der Waals surface area contributed by atoms with Crippen molar-refractivity contribution in [3.8, 4) is 0 Å². The molecule has 106 valence electrons. The number of rotatable bonds is 2. The average molecular weight is 272 g/mol. The largest absolute Gasteiger partial charge is 0.385 e. The molecule has 1 atom stereocenters. The number of aliphatic imine (C=N–C) groups is 1. The maximum atomic E-state index is 12.2. The minimum Gasteiger partial charge on any atom is -0.385 e. The van der Waals surface area contributed by atoms with Crippen LogP contribution in [0.25, 0.3) is 0 Å². The van der Waals surface area contributed by atoms with Crippen LogP contribution in [0.15, 0.2) is 35.3 Å². The van der Waals surface area contributed by atoms with Crippen LogP contribution in [0, 0.1) is 0 Å². The van der Waals surface area contributed by atoms with E-state index in [1.807, 2.05) is 35.2 Å². The summed E-state index contributed by atoms with van der Waals surface area (Å²) in [7, 11) is 2.07. The van der Waals surface area contributed by atoms with Crippen molar-refractivity contribution in [2.24, 2.45) is 10.7 Å². The van der Waals surface area contributed by atoms with E-state index in [-0.39, 0.29) is 6.03 Å². The molecule has 0 aliphatic carbocycles. The van der Waals surface area contributed by atoms with Gasteiger partial charge in [0.15, 0.2) is 0 Å². The molecule has 0 aromatic heterocycles. The lowest BCUT2D eigenvalue weighted by molar-refractivity contribution is 0.0992. The normalized spacial score (nSPS) is 27.1. The Morgan fingerprint density at radius 1 is 1.35 bits per heavy atom. The number of hydrogen-bond donors (Lipinski definition) is 1. The van der Waals surface area contributed by atoms with Gasteiger partial charge in [-0.1, -0.05) is 30.3 Å². The summed E-state index contributed by atoms with van der Waals surface area (Å²) in [6, 6.07) is 9.80. The highest BCUT2D eigenvalue weighted by Crippen LogP contribution is 2.33. The Hall–Kier alpha value is -1.88. The summed E-state index contributed by atoms with van der Waals surface area (Å²) in [6.07, 6.45) is 1.93. The van der Waals surface area contributed by atoms with Gasteiger partial charge in [-0.2, -0.15) is 4.99 Å². The SMILES string of the molecule is CN1CCCC2(C1)C(N)=NC(=O)N2Cc1ccccc1. The van der Waals surface area contributed by atoms with Gasteiger partial charge in [0.05, 0.1) is 0 Å². The first-order valence-electron chi connectivity index (χ1n) is 7.00. The highest BCUT2D eigenvalue weighted by Gasteiger charge is 2.49. The Balaban J connectivity index is 1.90. The second-order valence-corrected chi connectivity index (χ2v) is 5.72. The molecule has 5 heteroatoms. The van der Waals surface area contributed by atoms with Crippen LogP contribution < -0.4 is 5.73 Å². The molecule has 20 heavy (non-hydrogen) atoms. The molecule has 3 rings (SSSR count). The summed E-state index contributed by atoms with van der Waals surface area (Å²) in [6.45, 7) is 2.38. The van der Waals surface area contributed by atoms with Gasteiger partial charge in [-0.25, -0.2) is 4.79 Å². The molecule has 2 N–H and O–H groups in total. The first kappa shape index (κ1) is 13.1. The highest BCUT2D eigenvalue weighted by atomic mass is 16.2. The molecule has 2 aliphatic rings. The third kappa shape index (κ3) is 2.08. The van der Waals surface area contributed by atoms with Crippen LogP contribution in [0.5, 0.6) is 0 Å². The van der Waals surface area contributed by atoms with Crippen LogP contribution in [0.3, 0.4) is 0 Å². The van der Waals surface area contributed by atoms with E-state index in [1.54, 1.807) is 0 Å². The summed E-state index contributed by atoms with van der Waals surface area (Å²) < 4.78 is 0. The molecule has 0 bridgehead atoms. The van der Waals surface area contributed by atoms with Crippen molar-refractivity contribution in [3.05, 3.63) is 35.9 Å². The van der Waals surface area contributed by atoms with E-state index in [4.69, 9.17) is 5.73 Å². The summed E-state index contributed by atoms with van der Waals surface area (Å²) in [5.74, 6) is 0.477. The number of carbonyl (C=O) groups excluding carboxylic acids is 1. The number of amidine groups is 1. The number of hydrogen-bond acceptors (Lipinski definition) is 3. The number of benzene rings is 1. The Kier molecular flexibility index (Phi) is 3.22. The van der Waals surface area contributed by atoms with E-state index in [0.717, 1.165) is 31.5 Å². The maximum absolute atomic E-state index is 12.2. The summed E-state index contributed by atoms with van der Waals surface area (Å²) in [5.41, 5.74) is 6.79. The lowest BCUT2D eigenvalue weighted by Crippen LogP contribution is -2.61. The smallest absolute Gasteiger partial charge is 0.346 e. The predicted octanol–water partition coefficient (Wildman–Crippen LogP) is 1.44. The van der Waals surface area contributed by atoms with Crippen molar-refractivity contribution in [2.75, 3.05) is 20.1 Å². The number of nitrogens with two attached hydrogens (primary N) is 1. The highest BCUT2D eigenvalue weighted by molar-refractivity contribution is 6.06. The molecule has 1 aromatic carbocycles. The maximum Gasteiger partial charge on any atom is 0.346 e. The van der Waals surface area contributed by atoms with Crippen molar-refractivity contribution < 1.29 is 4.79 Å². The quantitative estimate of drug-likeness (QED) is 0.886. The number of urea groups is 1. The molecule has 2 heterocycles. The molecular weight excluding hydrogens is 252 g/mol. The van der Waals surface area contributed by atoms with Crippen LogP contribution in [-0.2, 0) is 6.54 Å². The van der Waals surface area contributed by atoms with Crippen molar-refractivity contribution in [1.82, 2.24) is 9.80 Å². The number of amides is 2. The molecule has 0 radical (unpaired) electrons. The summed E-state index contributed by atoms with van der Waals surface area (Å²) >= 11 is 0. The fraction of sp³-hybridized carbons (Fsp3) is 0.467. The van der Waals surface area contributed by atoms with E-state index >= 15 is 0 Å². The molecular formula is C15H20N4O. The third-order valence-corrected chi connectivity index (χ3v) is 4.29. The van der Waals surface area contributed by atoms with E-state index in [9.17, 15) is 4.79 Å². The molecule has 5 nitrogen and oxygen atoms in total. The van der Waals surface area contributed by atoms with Gasteiger partial charge < -0.3 is 15.5 Å². The van der Waals surface area contributed by atoms with E-state index in [0.29, 0.717) is 12.4 Å². The fourth-order valence-electron chi connectivity index (χ4n) is 3.25. The minimum absolute atomic E-state index is 0.207. The molecule has 0 saturated carbocycles. The lowest BCUT2D eigenvalue weighted by Gasteiger charge is -2.44. The first-order chi connectivity index (χ1) is 9.62. The third-order valence-electron chi connectivity index (χ3n) is 4.29. The number of carbonyl (C=O) groups is 1. The van der Waals surface area contributed by atoms with Gasteiger partial charge in [0, 0.05) is 13.1 Å². The monoisotopic (exact) mass is 272 g/mol.